The number of imide groups is 1. The van der Waals surface area contributed by atoms with E-state index in [4.69, 9.17) is 16.3 Å². The van der Waals surface area contributed by atoms with Gasteiger partial charge in [0.2, 0.25) is 27.7 Å². The monoisotopic (exact) mass is 1090 g/mol. The first-order valence-corrected chi connectivity index (χ1v) is 27.8. The fourth-order valence-corrected chi connectivity index (χ4v) is 12.5. The van der Waals surface area contributed by atoms with Gasteiger partial charge in [0.15, 0.2) is 18.1 Å². The molecule has 402 valence electrons. The fourth-order valence-electron chi connectivity index (χ4n) is 9.41. The molecule has 4 aromatic rings. The highest BCUT2D eigenvalue weighted by Crippen LogP contribution is 2.47. The molecule has 0 saturated carbocycles. The zero-order chi connectivity index (χ0) is 54.2. The summed E-state index contributed by atoms with van der Waals surface area (Å²) >= 11 is 7.92. The Hall–Kier alpha value is -6.39. The minimum absolute atomic E-state index is 0.0277. The standard InChI is InChI=1S/C53H64ClN7O12S2/c1-53(2,3)28-40(62)49-47(73-30-44(66)67)46(54)48(74-49)33-13-10-15-36(27-33)56-34-21-24-60(25-22-34)75(71,72)31-32-12-9-14-35(26-32)57-41(63)18-7-5-6-8-23-55-43(65)29-59(4)38-17-11-16-37-45(38)52(70)61(51(37)69)39-19-20-42(64)58-50(39)68/h9-17,26-27,34,39,50,56,68H,5-8,18-25,28-31H2,1-4H3,(H,55,65)(H,57,63)(H,58,64)(H,66,67). The Bertz CT molecular complexity index is 2930. The summed E-state index contributed by atoms with van der Waals surface area (Å²) in [5.41, 5.74) is 2.91. The third kappa shape index (κ3) is 14.5. The highest BCUT2D eigenvalue weighted by atomic mass is 35.5. The number of anilines is 3. The van der Waals surface area contributed by atoms with Crippen LogP contribution in [0.5, 0.6) is 5.75 Å². The van der Waals surface area contributed by atoms with Crippen LogP contribution in [0.15, 0.2) is 66.7 Å². The maximum Gasteiger partial charge on any atom is 0.341 e. The quantitative estimate of drug-likeness (QED) is 0.0251. The van der Waals surface area contributed by atoms with Gasteiger partial charge in [-0.1, -0.05) is 75.5 Å². The van der Waals surface area contributed by atoms with Crippen LogP contribution in [0.3, 0.4) is 0 Å². The van der Waals surface area contributed by atoms with E-state index in [1.807, 2.05) is 45.0 Å². The van der Waals surface area contributed by atoms with Crippen molar-refractivity contribution in [3.05, 3.63) is 93.3 Å². The van der Waals surface area contributed by atoms with Gasteiger partial charge in [-0.2, -0.15) is 0 Å². The number of aliphatic hydroxyl groups excluding tert-OH is 1. The normalized spacial score (nSPS) is 17.3. The van der Waals surface area contributed by atoms with Crippen LogP contribution in [0.2, 0.25) is 5.02 Å². The van der Waals surface area contributed by atoms with Crippen molar-refractivity contribution < 1.29 is 56.9 Å². The number of amides is 5. The van der Waals surface area contributed by atoms with Gasteiger partial charge in [-0.3, -0.25) is 33.7 Å². The number of fused-ring (bicyclic) bond motifs is 1. The molecule has 7 rings (SSSR count). The van der Waals surface area contributed by atoms with Crippen molar-refractivity contribution in [1.29, 1.82) is 0 Å². The van der Waals surface area contributed by atoms with E-state index in [0.717, 1.165) is 34.8 Å². The van der Waals surface area contributed by atoms with Crippen LogP contribution in [-0.4, -0.2) is 127 Å². The second-order valence-corrected chi connectivity index (χ2v) is 23.7. The molecule has 19 nitrogen and oxygen atoms in total. The molecule has 3 aromatic carbocycles. The van der Waals surface area contributed by atoms with Crippen LogP contribution in [-0.2, 0) is 35.0 Å². The summed E-state index contributed by atoms with van der Waals surface area (Å²) in [6.07, 6.45) is 3.17. The number of carboxylic acids is 1. The average molecular weight is 1090 g/mol. The minimum Gasteiger partial charge on any atom is -0.479 e. The number of nitrogens with one attached hydrogen (secondary N) is 4. The van der Waals surface area contributed by atoms with Gasteiger partial charge < -0.3 is 41.1 Å². The van der Waals surface area contributed by atoms with Crippen LogP contribution in [0, 0.1) is 5.41 Å². The molecule has 1 aromatic heterocycles. The molecule has 2 atom stereocenters. The van der Waals surface area contributed by atoms with Crippen molar-refractivity contribution in [2.75, 3.05) is 55.4 Å². The number of Topliss-reactive ketones (excluding diaryl/α,β-unsaturated/α-hetero) is 1. The smallest absolute Gasteiger partial charge is 0.341 e. The Morgan fingerprint density at radius 1 is 0.907 bits per heavy atom. The van der Waals surface area contributed by atoms with E-state index in [-0.39, 0.29) is 99.7 Å². The highest BCUT2D eigenvalue weighted by molar-refractivity contribution is 7.88. The number of halogens is 1. The summed E-state index contributed by atoms with van der Waals surface area (Å²) in [7, 11) is -2.04. The number of likely N-dealkylation sites (N-methyl/N-ethyl adjacent to an activating group) is 1. The SMILES string of the molecule is CN(CC(=O)NCCCCCCC(=O)Nc1cccc(CS(=O)(=O)N2CCC(Nc3cccc(-c4sc(C(=O)CC(C)(C)C)c(OCC(=O)O)c4Cl)c3)CC2)c1)c1cccc2c1C(=O)N(C1CCC(=O)NC1O)C2=O. The number of unbranched alkanes of at least 4 members (excludes halogenated alkanes) is 3. The summed E-state index contributed by atoms with van der Waals surface area (Å²) < 4.78 is 34.3. The number of nitrogens with zero attached hydrogens (tertiary/aromatic N) is 3. The molecule has 0 radical (unpaired) electrons. The summed E-state index contributed by atoms with van der Waals surface area (Å²) in [6, 6.07) is 18.1. The molecule has 22 heteroatoms. The Morgan fingerprint density at radius 2 is 1.61 bits per heavy atom. The number of benzene rings is 3. The van der Waals surface area contributed by atoms with E-state index >= 15 is 0 Å². The Morgan fingerprint density at radius 3 is 2.33 bits per heavy atom. The number of ketones is 1. The van der Waals surface area contributed by atoms with E-state index < -0.39 is 46.7 Å². The number of rotatable bonds is 23. The number of carbonyl (C=O) groups is 7. The number of carbonyl (C=O) groups excluding carboxylic acids is 6. The Labute approximate surface area is 445 Å². The lowest BCUT2D eigenvalue weighted by atomic mass is 9.89. The number of ether oxygens (including phenoxy) is 1. The first-order chi connectivity index (χ1) is 35.6. The zero-order valence-corrected chi connectivity index (χ0v) is 44.8. The summed E-state index contributed by atoms with van der Waals surface area (Å²) in [5.74, 6) is -3.57. The molecular formula is C53H64ClN7O12S2. The third-order valence-electron chi connectivity index (χ3n) is 13.0. The molecule has 3 aliphatic heterocycles. The number of piperidine rings is 2. The number of aliphatic carboxylic acids is 1. The number of carboxylic acid groups (broad SMARTS) is 1. The third-order valence-corrected chi connectivity index (χ3v) is 16.6. The van der Waals surface area contributed by atoms with Crippen molar-refractivity contribution in [2.24, 2.45) is 5.41 Å². The van der Waals surface area contributed by atoms with Gasteiger partial charge in [0.25, 0.3) is 11.8 Å². The number of sulfonamides is 1. The zero-order valence-electron chi connectivity index (χ0n) is 42.4. The van der Waals surface area contributed by atoms with E-state index in [2.05, 4.69) is 21.3 Å². The fraction of sp³-hybridized carbons (Fsp3) is 0.453. The molecule has 0 spiro atoms. The van der Waals surface area contributed by atoms with Gasteiger partial charge in [0.05, 0.1) is 40.0 Å². The van der Waals surface area contributed by atoms with Crippen molar-refractivity contribution in [3.8, 4) is 16.2 Å². The lowest BCUT2D eigenvalue weighted by Crippen LogP contribution is -2.57. The first kappa shape index (κ1) is 56.3. The molecular weight excluding hydrogens is 1030 g/mol. The molecule has 0 aliphatic carbocycles. The maximum absolute atomic E-state index is 13.6. The maximum atomic E-state index is 13.6. The highest BCUT2D eigenvalue weighted by Gasteiger charge is 2.46. The Kier molecular flexibility index (Phi) is 18.4. The number of thiophene rings is 1. The van der Waals surface area contributed by atoms with E-state index in [9.17, 15) is 52.2 Å². The van der Waals surface area contributed by atoms with Gasteiger partial charge in [0, 0.05) is 63.4 Å². The van der Waals surface area contributed by atoms with Gasteiger partial charge in [-0.05, 0) is 85.0 Å². The lowest BCUT2D eigenvalue weighted by Gasteiger charge is -2.33. The van der Waals surface area contributed by atoms with Crippen LogP contribution < -0.4 is 30.9 Å². The number of hydrogen-bond donors (Lipinski definition) is 6. The molecule has 2 unspecified atom stereocenters. The summed E-state index contributed by atoms with van der Waals surface area (Å²) in [4.78, 5) is 92.2. The predicted octanol–water partition coefficient (Wildman–Crippen LogP) is 6.89. The van der Waals surface area contributed by atoms with E-state index in [1.54, 1.807) is 48.3 Å². The topological polar surface area (TPSA) is 261 Å². The van der Waals surface area contributed by atoms with Crippen molar-refractivity contribution in [1.82, 2.24) is 19.8 Å². The van der Waals surface area contributed by atoms with Gasteiger partial charge in [-0.25, -0.2) is 17.5 Å². The first-order valence-electron chi connectivity index (χ1n) is 25.0. The molecule has 3 aliphatic rings. The van der Waals surface area contributed by atoms with Crippen molar-refractivity contribution in [2.45, 2.75) is 109 Å². The molecule has 0 bridgehead atoms. The van der Waals surface area contributed by atoms with Crippen LogP contribution in [0.4, 0.5) is 17.1 Å². The molecule has 4 heterocycles. The number of aliphatic hydroxyl groups is 1. The predicted molar refractivity (Wildman–Crippen MR) is 286 cm³/mol. The van der Waals surface area contributed by atoms with Gasteiger partial charge in [0.1, 0.15) is 16.1 Å². The largest absolute Gasteiger partial charge is 0.479 e. The number of hydrogen-bond acceptors (Lipinski definition) is 14. The van der Waals surface area contributed by atoms with Crippen LogP contribution >= 0.6 is 22.9 Å². The average Bonchev–Trinajstić information content (AvgIpc) is 3.81. The lowest BCUT2D eigenvalue weighted by molar-refractivity contribution is -0.139. The van der Waals surface area contributed by atoms with E-state index in [0.29, 0.717) is 72.7 Å². The molecule has 2 fully saturated rings. The molecule has 75 heavy (non-hydrogen) atoms. The van der Waals surface area contributed by atoms with Crippen molar-refractivity contribution >= 4 is 91.3 Å². The second-order valence-electron chi connectivity index (χ2n) is 20.3. The second kappa shape index (κ2) is 24.5. The van der Waals surface area contributed by atoms with E-state index in [1.165, 1.54) is 10.4 Å². The summed E-state index contributed by atoms with van der Waals surface area (Å²) in [5, 5.41) is 31.5. The van der Waals surface area contributed by atoms with Crippen LogP contribution in [0.1, 0.15) is 121 Å². The molecule has 2 saturated heterocycles. The molecule has 5 amide bonds. The minimum atomic E-state index is -3.69. The van der Waals surface area contributed by atoms with Crippen LogP contribution in [0.25, 0.3) is 10.4 Å². The van der Waals surface area contributed by atoms with Gasteiger partial charge in [-0.15, -0.1) is 11.3 Å². The van der Waals surface area contributed by atoms with Gasteiger partial charge >= 0.3 is 5.97 Å². The summed E-state index contributed by atoms with van der Waals surface area (Å²) in [6.45, 7) is 6.09. The Balaban J connectivity index is 0.807. The van der Waals surface area contributed by atoms with Crippen molar-refractivity contribution in [3.63, 3.8) is 0 Å². The molecule has 6 N–H and O–H groups in total.